The smallest absolute Gasteiger partial charge is 0.338 e. The van der Waals surface area contributed by atoms with Crippen LogP contribution in [0.2, 0.25) is 0 Å². The van der Waals surface area contributed by atoms with E-state index >= 15 is 0 Å². The third kappa shape index (κ3) is 2.85. The number of esters is 1. The van der Waals surface area contributed by atoms with E-state index in [0.717, 1.165) is 5.57 Å². The summed E-state index contributed by atoms with van der Waals surface area (Å²) < 4.78 is 5.28. The molecule has 0 spiro atoms. The first-order valence-corrected chi connectivity index (χ1v) is 8.03. The predicted molar refractivity (Wildman–Crippen MR) is 85.0 cm³/mol. The molecule has 0 unspecified atom stereocenters. The van der Waals surface area contributed by atoms with Crippen LogP contribution >= 0.6 is 0 Å². The second kappa shape index (κ2) is 6.11. The summed E-state index contributed by atoms with van der Waals surface area (Å²) in [5, 5.41) is 0. The molecule has 1 fully saturated rings. The number of benzene rings is 1. The molecule has 23 heavy (non-hydrogen) atoms. The highest BCUT2D eigenvalue weighted by Gasteiger charge is 2.46. The maximum absolute atomic E-state index is 12.2. The first-order chi connectivity index (χ1) is 11.0. The van der Waals surface area contributed by atoms with E-state index in [1.165, 1.54) is 0 Å². The van der Waals surface area contributed by atoms with E-state index in [0.29, 0.717) is 43.2 Å². The van der Waals surface area contributed by atoms with Crippen molar-refractivity contribution in [2.75, 3.05) is 6.61 Å². The largest absolute Gasteiger partial charge is 0.462 e. The first kappa shape index (κ1) is 15.7. The molecule has 4 nitrogen and oxygen atoms in total. The van der Waals surface area contributed by atoms with E-state index in [1.54, 1.807) is 24.3 Å². The fourth-order valence-electron chi connectivity index (χ4n) is 3.61. The quantitative estimate of drug-likeness (QED) is 0.801. The van der Waals surface area contributed by atoms with Crippen LogP contribution in [0.15, 0.2) is 41.5 Å². The first-order valence-electron chi connectivity index (χ1n) is 8.03. The van der Waals surface area contributed by atoms with Gasteiger partial charge in [0.1, 0.15) is 5.78 Å². The van der Waals surface area contributed by atoms with Crippen LogP contribution in [-0.4, -0.2) is 24.1 Å². The lowest BCUT2D eigenvalue weighted by molar-refractivity contribution is -0.125. The van der Waals surface area contributed by atoms with E-state index < -0.39 is 5.41 Å². The third-order valence-electron chi connectivity index (χ3n) is 5.03. The summed E-state index contributed by atoms with van der Waals surface area (Å²) in [6, 6.07) is 8.79. The summed E-state index contributed by atoms with van der Waals surface area (Å²) >= 11 is 0. The second-order valence-electron chi connectivity index (χ2n) is 6.39. The summed E-state index contributed by atoms with van der Waals surface area (Å²) in [5.41, 5.74) is 1.73. The summed E-state index contributed by atoms with van der Waals surface area (Å²) in [4.78, 5) is 36.3. The molecule has 1 aromatic rings. The minimum atomic E-state index is -0.466. The van der Waals surface area contributed by atoms with E-state index in [9.17, 15) is 14.4 Å². The maximum atomic E-state index is 12.2. The number of rotatable bonds is 4. The van der Waals surface area contributed by atoms with Crippen LogP contribution in [0.4, 0.5) is 0 Å². The van der Waals surface area contributed by atoms with Gasteiger partial charge in [0.05, 0.1) is 12.2 Å². The highest BCUT2D eigenvalue weighted by atomic mass is 16.5. The number of hydrogen-bond donors (Lipinski definition) is 0. The maximum Gasteiger partial charge on any atom is 0.338 e. The van der Waals surface area contributed by atoms with Crippen LogP contribution in [-0.2, 0) is 14.3 Å². The van der Waals surface area contributed by atoms with Gasteiger partial charge in [-0.1, -0.05) is 18.2 Å². The lowest BCUT2D eigenvalue weighted by Gasteiger charge is -2.31. The van der Waals surface area contributed by atoms with Crippen molar-refractivity contribution >= 4 is 17.5 Å². The van der Waals surface area contributed by atoms with E-state index in [4.69, 9.17) is 4.74 Å². The monoisotopic (exact) mass is 312 g/mol. The van der Waals surface area contributed by atoms with Gasteiger partial charge >= 0.3 is 5.97 Å². The number of hydrogen-bond acceptors (Lipinski definition) is 4. The summed E-state index contributed by atoms with van der Waals surface area (Å²) in [6.07, 6.45) is 2.62. The zero-order valence-corrected chi connectivity index (χ0v) is 13.3. The number of carbonyl (C=O) groups is 3. The van der Waals surface area contributed by atoms with Crippen molar-refractivity contribution in [3.8, 4) is 0 Å². The molecular formula is C19H20O4. The van der Waals surface area contributed by atoms with Gasteiger partial charge < -0.3 is 4.74 Å². The number of carbonyl (C=O) groups excluding carboxylic acids is 3. The fraction of sp³-hybridized carbons (Fsp3) is 0.421. The van der Waals surface area contributed by atoms with Crippen LogP contribution in [0.1, 0.15) is 49.4 Å². The fourth-order valence-corrected chi connectivity index (χ4v) is 3.61. The number of Topliss-reactive ketones (excluding diaryl/α,β-unsaturated/α-hetero) is 2. The molecule has 3 rings (SSSR count). The van der Waals surface area contributed by atoms with Gasteiger partial charge in [-0.3, -0.25) is 9.59 Å². The van der Waals surface area contributed by atoms with Gasteiger partial charge in [0.25, 0.3) is 0 Å². The second-order valence-corrected chi connectivity index (χ2v) is 6.39. The Bertz CT molecular complexity index is 687. The Hall–Kier alpha value is -2.23. The average Bonchev–Trinajstić information content (AvgIpc) is 2.86. The molecule has 2 aliphatic carbocycles. The minimum absolute atomic E-state index is 0.0999. The summed E-state index contributed by atoms with van der Waals surface area (Å²) in [5.74, 6) is -0.0496. The van der Waals surface area contributed by atoms with Gasteiger partial charge in [-0.15, -0.1) is 0 Å². The van der Waals surface area contributed by atoms with Gasteiger partial charge in [0, 0.05) is 24.7 Å². The van der Waals surface area contributed by atoms with E-state index in [1.807, 2.05) is 13.0 Å². The summed E-state index contributed by atoms with van der Waals surface area (Å²) in [7, 11) is 0. The molecule has 0 aliphatic heterocycles. The number of ether oxygens (including phenoxy) is 1. The lowest BCUT2D eigenvalue weighted by Crippen LogP contribution is -2.31. The Morgan fingerprint density at radius 1 is 1.13 bits per heavy atom. The van der Waals surface area contributed by atoms with Crippen LogP contribution < -0.4 is 0 Å². The molecule has 0 aromatic heterocycles. The van der Waals surface area contributed by atoms with E-state index in [2.05, 4.69) is 0 Å². The third-order valence-corrected chi connectivity index (χ3v) is 5.03. The Morgan fingerprint density at radius 3 is 2.61 bits per heavy atom. The van der Waals surface area contributed by atoms with Crippen molar-refractivity contribution in [2.24, 2.45) is 5.41 Å². The molecule has 2 aliphatic rings. The predicted octanol–water partition coefficient (Wildman–Crippen LogP) is 3.26. The number of allylic oxidation sites excluding steroid dienone is 1. The van der Waals surface area contributed by atoms with E-state index in [-0.39, 0.29) is 24.1 Å². The van der Waals surface area contributed by atoms with Gasteiger partial charge in [0.2, 0.25) is 0 Å². The van der Waals surface area contributed by atoms with Gasteiger partial charge in [0.15, 0.2) is 5.78 Å². The zero-order valence-electron chi connectivity index (χ0n) is 13.3. The Kier molecular flexibility index (Phi) is 4.16. The molecular weight excluding hydrogens is 292 g/mol. The lowest BCUT2D eigenvalue weighted by atomic mass is 9.71. The van der Waals surface area contributed by atoms with Crippen molar-refractivity contribution in [1.82, 2.24) is 0 Å². The molecule has 0 radical (unpaired) electrons. The van der Waals surface area contributed by atoms with Crippen LogP contribution in [0.25, 0.3) is 0 Å². The zero-order chi connectivity index (χ0) is 16.4. The van der Waals surface area contributed by atoms with Crippen LogP contribution in [0.5, 0.6) is 0 Å². The number of ketones is 2. The SMILES string of the molecule is C[C@]12CCC(=O)C(CCOC(=O)c3ccccc3)=C1CCC2=O. The molecule has 4 heteroatoms. The summed E-state index contributed by atoms with van der Waals surface area (Å²) in [6.45, 7) is 2.11. The highest BCUT2D eigenvalue weighted by molar-refractivity contribution is 6.02. The average molecular weight is 312 g/mol. The molecule has 0 saturated heterocycles. The molecule has 1 saturated carbocycles. The topological polar surface area (TPSA) is 60.4 Å². The Balaban J connectivity index is 1.69. The molecule has 1 atom stereocenters. The minimum Gasteiger partial charge on any atom is -0.462 e. The van der Waals surface area contributed by atoms with Crippen LogP contribution in [0, 0.1) is 5.41 Å². The molecule has 120 valence electrons. The van der Waals surface area contributed by atoms with Gasteiger partial charge in [-0.2, -0.15) is 0 Å². The Labute approximate surface area is 135 Å². The van der Waals surface area contributed by atoms with Gasteiger partial charge in [-0.05, 0) is 43.0 Å². The van der Waals surface area contributed by atoms with Crippen molar-refractivity contribution in [3.05, 3.63) is 47.0 Å². The van der Waals surface area contributed by atoms with Gasteiger partial charge in [-0.25, -0.2) is 4.79 Å². The molecule has 0 bridgehead atoms. The van der Waals surface area contributed by atoms with Crippen molar-refractivity contribution in [1.29, 1.82) is 0 Å². The normalized spacial score (nSPS) is 23.9. The Morgan fingerprint density at radius 2 is 1.87 bits per heavy atom. The molecule has 0 heterocycles. The highest BCUT2D eigenvalue weighted by Crippen LogP contribution is 2.48. The van der Waals surface area contributed by atoms with Crippen molar-refractivity contribution in [2.45, 2.75) is 39.0 Å². The molecule has 0 amide bonds. The standard InChI is InChI=1S/C19H20O4/c1-19-11-9-16(20)14(15(19)7-8-17(19)21)10-12-23-18(22)13-5-3-2-4-6-13/h2-6H,7-12H2,1H3/t19-/m0/s1. The molecule has 1 aromatic carbocycles. The van der Waals surface area contributed by atoms with Crippen molar-refractivity contribution < 1.29 is 19.1 Å². The number of fused-ring (bicyclic) bond motifs is 1. The molecule has 0 N–H and O–H groups in total. The van der Waals surface area contributed by atoms with Crippen LogP contribution in [0.3, 0.4) is 0 Å². The van der Waals surface area contributed by atoms with Crippen molar-refractivity contribution in [3.63, 3.8) is 0 Å².